The van der Waals surface area contributed by atoms with E-state index < -0.39 is 4.92 Å². The molecule has 0 atom stereocenters. The quantitative estimate of drug-likeness (QED) is 0.634. The van der Waals surface area contributed by atoms with Crippen molar-refractivity contribution in [2.75, 3.05) is 12.4 Å². The molecule has 1 aromatic heterocycles. The second kappa shape index (κ2) is 5.83. The van der Waals surface area contributed by atoms with Crippen LogP contribution in [0.2, 0.25) is 0 Å². The van der Waals surface area contributed by atoms with Crippen LogP contribution in [0, 0.1) is 10.1 Å². The largest absolute Gasteiger partial charge is 0.481 e. The monoisotopic (exact) mass is 266 g/mol. The molecule has 1 heterocycles. The highest BCUT2D eigenvalue weighted by Crippen LogP contribution is 2.28. The molecule has 0 bridgehead atoms. The van der Waals surface area contributed by atoms with Gasteiger partial charge in [-0.05, 0) is 25.7 Å². The number of nitro groups is 1. The molecule has 7 nitrogen and oxygen atoms in total. The standard InChI is InChI=1S/C12H18N4O3/c1-19-11-7-6-10(16(17)18)12(15-11)14-9-4-2-8(13)3-5-9/h6-9H,2-5,13H2,1H3,(H,14,15). The Hall–Kier alpha value is -1.89. The lowest BCUT2D eigenvalue weighted by atomic mass is 9.92. The van der Waals surface area contributed by atoms with E-state index in [4.69, 9.17) is 10.5 Å². The molecule has 0 saturated heterocycles. The Morgan fingerprint density at radius 2 is 2.11 bits per heavy atom. The SMILES string of the molecule is COc1ccc([N+](=O)[O-])c(NC2CCC(N)CC2)n1. The Bertz CT molecular complexity index is 458. The first-order valence-electron chi connectivity index (χ1n) is 6.31. The Balaban J connectivity index is 2.15. The van der Waals surface area contributed by atoms with Crippen LogP contribution < -0.4 is 15.8 Å². The summed E-state index contributed by atoms with van der Waals surface area (Å²) >= 11 is 0. The summed E-state index contributed by atoms with van der Waals surface area (Å²) in [5.74, 6) is 0.630. The van der Waals surface area contributed by atoms with Crippen LogP contribution in [0.25, 0.3) is 0 Å². The molecule has 0 radical (unpaired) electrons. The van der Waals surface area contributed by atoms with E-state index in [1.165, 1.54) is 19.2 Å². The molecule has 0 amide bonds. The lowest BCUT2D eigenvalue weighted by Crippen LogP contribution is -2.33. The molecule has 1 aliphatic carbocycles. The maximum Gasteiger partial charge on any atom is 0.311 e. The van der Waals surface area contributed by atoms with Gasteiger partial charge in [-0.25, -0.2) is 0 Å². The highest BCUT2D eigenvalue weighted by molar-refractivity contribution is 5.57. The molecule has 7 heteroatoms. The van der Waals surface area contributed by atoms with Gasteiger partial charge in [-0.1, -0.05) is 0 Å². The molecule has 104 valence electrons. The number of nitrogens with one attached hydrogen (secondary N) is 1. The molecule has 19 heavy (non-hydrogen) atoms. The highest BCUT2D eigenvalue weighted by Gasteiger charge is 2.23. The van der Waals surface area contributed by atoms with Crippen LogP contribution in [0.3, 0.4) is 0 Å². The summed E-state index contributed by atoms with van der Waals surface area (Å²) in [5, 5.41) is 14.1. The summed E-state index contributed by atoms with van der Waals surface area (Å²) in [5.41, 5.74) is 5.81. The van der Waals surface area contributed by atoms with Crippen molar-refractivity contribution in [1.29, 1.82) is 0 Å². The number of pyridine rings is 1. The number of hydrogen-bond donors (Lipinski definition) is 2. The van der Waals surface area contributed by atoms with Gasteiger partial charge in [0, 0.05) is 24.2 Å². The van der Waals surface area contributed by atoms with Gasteiger partial charge in [-0.3, -0.25) is 10.1 Å². The molecule has 1 fully saturated rings. The second-order valence-corrected chi connectivity index (χ2v) is 4.73. The maximum atomic E-state index is 11.0. The Morgan fingerprint density at radius 3 is 2.68 bits per heavy atom. The molecule has 0 spiro atoms. The molecular formula is C12H18N4O3. The van der Waals surface area contributed by atoms with E-state index in [1.54, 1.807) is 0 Å². The predicted octanol–water partition coefficient (Wildman–Crippen LogP) is 1.68. The van der Waals surface area contributed by atoms with Crippen molar-refractivity contribution in [3.63, 3.8) is 0 Å². The molecule has 2 rings (SSSR count). The van der Waals surface area contributed by atoms with Crippen molar-refractivity contribution in [3.8, 4) is 5.88 Å². The van der Waals surface area contributed by atoms with E-state index in [9.17, 15) is 10.1 Å². The molecule has 1 aromatic rings. The third-order valence-electron chi connectivity index (χ3n) is 3.37. The van der Waals surface area contributed by atoms with Gasteiger partial charge in [0.25, 0.3) is 0 Å². The van der Waals surface area contributed by atoms with E-state index in [2.05, 4.69) is 10.3 Å². The number of rotatable bonds is 4. The van der Waals surface area contributed by atoms with Crippen molar-refractivity contribution in [3.05, 3.63) is 22.2 Å². The van der Waals surface area contributed by atoms with E-state index in [0.717, 1.165) is 25.7 Å². The second-order valence-electron chi connectivity index (χ2n) is 4.73. The topological polar surface area (TPSA) is 103 Å². The van der Waals surface area contributed by atoms with Gasteiger partial charge in [0.2, 0.25) is 11.7 Å². The van der Waals surface area contributed by atoms with Crippen LogP contribution in [0.15, 0.2) is 12.1 Å². The van der Waals surface area contributed by atoms with Crippen LogP contribution in [0.1, 0.15) is 25.7 Å². The summed E-state index contributed by atoms with van der Waals surface area (Å²) in [7, 11) is 1.48. The molecular weight excluding hydrogens is 248 g/mol. The minimum atomic E-state index is -0.441. The fraction of sp³-hybridized carbons (Fsp3) is 0.583. The van der Waals surface area contributed by atoms with Crippen LogP contribution in [0.5, 0.6) is 5.88 Å². The summed E-state index contributed by atoms with van der Waals surface area (Å²) in [6.45, 7) is 0. The molecule has 3 N–H and O–H groups in total. The average molecular weight is 266 g/mol. The van der Waals surface area contributed by atoms with Gasteiger partial charge in [0.1, 0.15) is 0 Å². The Kier molecular flexibility index (Phi) is 4.16. The zero-order valence-corrected chi connectivity index (χ0v) is 10.8. The van der Waals surface area contributed by atoms with Crippen molar-refractivity contribution in [2.45, 2.75) is 37.8 Å². The number of aromatic nitrogens is 1. The van der Waals surface area contributed by atoms with Crippen LogP contribution in [-0.4, -0.2) is 29.1 Å². The summed E-state index contributed by atoms with van der Waals surface area (Å²) in [4.78, 5) is 14.7. The van der Waals surface area contributed by atoms with Gasteiger partial charge >= 0.3 is 5.69 Å². The first-order chi connectivity index (χ1) is 9.10. The third-order valence-corrected chi connectivity index (χ3v) is 3.37. The Morgan fingerprint density at radius 1 is 1.42 bits per heavy atom. The maximum absolute atomic E-state index is 11.0. The summed E-state index contributed by atoms with van der Waals surface area (Å²) in [6, 6.07) is 3.31. The smallest absolute Gasteiger partial charge is 0.311 e. The van der Waals surface area contributed by atoms with Gasteiger partial charge in [0.15, 0.2) is 0 Å². The minimum absolute atomic E-state index is 0.0318. The fourth-order valence-corrected chi connectivity index (χ4v) is 2.26. The number of methoxy groups -OCH3 is 1. The number of nitrogens with two attached hydrogens (primary N) is 1. The van der Waals surface area contributed by atoms with Gasteiger partial charge in [-0.2, -0.15) is 4.98 Å². The van der Waals surface area contributed by atoms with Crippen LogP contribution in [-0.2, 0) is 0 Å². The molecule has 1 aliphatic rings. The number of anilines is 1. The number of hydrogen-bond acceptors (Lipinski definition) is 6. The molecule has 1 saturated carbocycles. The van der Waals surface area contributed by atoms with E-state index >= 15 is 0 Å². The number of ether oxygens (including phenoxy) is 1. The van der Waals surface area contributed by atoms with E-state index in [0.29, 0.717) is 5.88 Å². The van der Waals surface area contributed by atoms with Crippen molar-refractivity contribution in [2.24, 2.45) is 5.73 Å². The lowest BCUT2D eigenvalue weighted by molar-refractivity contribution is -0.384. The van der Waals surface area contributed by atoms with Crippen molar-refractivity contribution >= 4 is 11.5 Å². The normalized spacial score (nSPS) is 22.8. The first kappa shape index (κ1) is 13.5. The van der Waals surface area contributed by atoms with Crippen molar-refractivity contribution in [1.82, 2.24) is 4.98 Å². The zero-order valence-electron chi connectivity index (χ0n) is 10.8. The van der Waals surface area contributed by atoms with Crippen molar-refractivity contribution < 1.29 is 9.66 Å². The summed E-state index contributed by atoms with van der Waals surface area (Å²) < 4.78 is 5.00. The van der Waals surface area contributed by atoms with Gasteiger partial charge < -0.3 is 15.8 Å². The fourth-order valence-electron chi connectivity index (χ4n) is 2.26. The molecule has 0 unspecified atom stereocenters. The average Bonchev–Trinajstić information content (AvgIpc) is 2.41. The number of nitrogens with zero attached hydrogens (tertiary/aromatic N) is 2. The molecule has 0 aliphatic heterocycles. The van der Waals surface area contributed by atoms with E-state index in [-0.39, 0.29) is 23.6 Å². The predicted molar refractivity (Wildman–Crippen MR) is 71.3 cm³/mol. The Labute approximate surface area is 111 Å². The van der Waals surface area contributed by atoms with E-state index in [1.807, 2.05) is 0 Å². The molecule has 0 aromatic carbocycles. The van der Waals surface area contributed by atoms with Crippen LogP contribution in [0.4, 0.5) is 11.5 Å². The van der Waals surface area contributed by atoms with Gasteiger partial charge in [-0.15, -0.1) is 0 Å². The van der Waals surface area contributed by atoms with Gasteiger partial charge in [0.05, 0.1) is 12.0 Å². The van der Waals surface area contributed by atoms with Crippen LogP contribution >= 0.6 is 0 Å². The highest BCUT2D eigenvalue weighted by atomic mass is 16.6. The lowest BCUT2D eigenvalue weighted by Gasteiger charge is -2.27. The minimum Gasteiger partial charge on any atom is -0.481 e. The first-order valence-corrected chi connectivity index (χ1v) is 6.31. The zero-order chi connectivity index (χ0) is 13.8. The third kappa shape index (κ3) is 3.31. The summed E-state index contributed by atoms with van der Waals surface area (Å²) in [6.07, 6.45) is 3.65.